The molecule has 1 atom stereocenters. The van der Waals surface area contributed by atoms with Crippen LogP contribution >= 0.6 is 22.7 Å². The lowest BCUT2D eigenvalue weighted by molar-refractivity contribution is -0.139. The molecule has 1 unspecified atom stereocenters. The lowest BCUT2D eigenvalue weighted by Gasteiger charge is -2.14. The van der Waals surface area contributed by atoms with E-state index in [-0.39, 0.29) is 18.4 Å². The fraction of sp³-hybridized carbons (Fsp3) is 0.385. The molecule has 2 heterocycles. The summed E-state index contributed by atoms with van der Waals surface area (Å²) in [7, 11) is 1.39. The average molecular weight is 296 g/mol. The molecule has 0 amide bonds. The van der Waals surface area contributed by atoms with Crippen molar-refractivity contribution in [1.82, 2.24) is 4.98 Å². The molecule has 0 radical (unpaired) electrons. The number of methoxy groups -OCH3 is 1. The zero-order valence-electron chi connectivity index (χ0n) is 10.9. The van der Waals surface area contributed by atoms with Gasteiger partial charge in [0.15, 0.2) is 5.13 Å². The molecule has 102 valence electrons. The van der Waals surface area contributed by atoms with Crippen molar-refractivity contribution in [3.8, 4) is 0 Å². The second-order valence-electron chi connectivity index (χ2n) is 4.02. The van der Waals surface area contributed by atoms with Crippen LogP contribution in [0.15, 0.2) is 22.9 Å². The lowest BCUT2D eigenvalue weighted by atomic mass is 10.2. The van der Waals surface area contributed by atoms with E-state index in [9.17, 15) is 4.79 Å². The number of rotatable bonds is 6. The van der Waals surface area contributed by atoms with E-state index in [4.69, 9.17) is 0 Å². The number of anilines is 1. The summed E-state index contributed by atoms with van der Waals surface area (Å²) in [6.45, 7) is 2.14. The summed E-state index contributed by atoms with van der Waals surface area (Å²) in [4.78, 5) is 16.9. The molecule has 4 nitrogen and oxygen atoms in total. The number of carbonyl (C=O) groups excluding carboxylic acids is 1. The quantitative estimate of drug-likeness (QED) is 0.829. The Balaban J connectivity index is 2.00. The van der Waals surface area contributed by atoms with Gasteiger partial charge in [-0.25, -0.2) is 4.98 Å². The van der Waals surface area contributed by atoms with Crippen LogP contribution in [-0.4, -0.2) is 18.1 Å². The van der Waals surface area contributed by atoms with E-state index in [1.165, 1.54) is 23.3 Å². The maximum Gasteiger partial charge on any atom is 0.311 e. The van der Waals surface area contributed by atoms with E-state index in [0.29, 0.717) is 0 Å². The van der Waals surface area contributed by atoms with E-state index in [1.807, 2.05) is 5.38 Å². The van der Waals surface area contributed by atoms with Crippen molar-refractivity contribution < 1.29 is 9.53 Å². The van der Waals surface area contributed by atoms with Gasteiger partial charge in [-0.15, -0.1) is 22.7 Å². The second-order valence-corrected chi connectivity index (χ2v) is 5.85. The molecule has 0 aromatic carbocycles. The molecule has 0 aliphatic rings. The Labute approximate surface area is 120 Å². The number of thiazole rings is 1. The maximum atomic E-state index is 11.2. The zero-order chi connectivity index (χ0) is 13.7. The Morgan fingerprint density at radius 1 is 1.53 bits per heavy atom. The monoisotopic (exact) mass is 296 g/mol. The van der Waals surface area contributed by atoms with Crippen LogP contribution in [0, 0.1) is 0 Å². The molecule has 0 bridgehead atoms. The van der Waals surface area contributed by atoms with Crippen LogP contribution in [-0.2, 0) is 16.0 Å². The van der Waals surface area contributed by atoms with Crippen molar-refractivity contribution in [2.75, 3.05) is 12.4 Å². The number of hydrogen-bond acceptors (Lipinski definition) is 6. The van der Waals surface area contributed by atoms with Crippen LogP contribution < -0.4 is 5.32 Å². The van der Waals surface area contributed by atoms with Gasteiger partial charge in [-0.1, -0.05) is 13.0 Å². The molecule has 2 rings (SSSR count). The first-order valence-corrected chi connectivity index (χ1v) is 7.80. The third-order valence-corrected chi connectivity index (χ3v) is 4.51. The van der Waals surface area contributed by atoms with Gasteiger partial charge in [-0.3, -0.25) is 4.79 Å². The molecule has 2 aromatic rings. The van der Waals surface area contributed by atoms with Crippen molar-refractivity contribution in [3.63, 3.8) is 0 Å². The van der Waals surface area contributed by atoms with Crippen LogP contribution in [0.2, 0.25) is 0 Å². The van der Waals surface area contributed by atoms with Gasteiger partial charge in [0, 0.05) is 10.3 Å². The van der Waals surface area contributed by atoms with Gasteiger partial charge >= 0.3 is 5.97 Å². The Morgan fingerprint density at radius 2 is 2.37 bits per heavy atom. The van der Waals surface area contributed by atoms with Gasteiger partial charge in [-0.2, -0.15) is 0 Å². The molecule has 0 saturated carbocycles. The second kappa shape index (κ2) is 6.68. The number of nitrogens with zero attached hydrogens (tertiary/aromatic N) is 1. The summed E-state index contributed by atoms with van der Waals surface area (Å²) < 4.78 is 4.63. The normalized spacial score (nSPS) is 12.1. The maximum absolute atomic E-state index is 11.2. The van der Waals surface area contributed by atoms with Gasteiger partial charge in [-0.05, 0) is 17.9 Å². The fourth-order valence-electron chi connectivity index (χ4n) is 1.69. The minimum Gasteiger partial charge on any atom is -0.469 e. The first-order chi connectivity index (χ1) is 9.22. The highest BCUT2D eigenvalue weighted by atomic mass is 32.1. The standard InChI is InChI=1S/C13H16N2O2S2/c1-3-10(11-5-4-6-18-11)15-13-14-9(8-19-13)7-12(16)17-2/h4-6,8,10H,3,7H2,1-2H3,(H,14,15). The summed E-state index contributed by atoms with van der Waals surface area (Å²) in [6, 6.07) is 4.45. The third kappa shape index (κ3) is 3.78. The molecule has 0 saturated heterocycles. The highest BCUT2D eigenvalue weighted by Crippen LogP contribution is 2.27. The highest BCUT2D eigenvalue weighted by Gasteiger charge is 2.13. The molecule has 0 aliphatic heterocycles. The first kappa shape index (κ1) is 14.0. The van der Waals surface area contributed by atoms with Crippen molar-refractivity contribution in [3.05, 3.63) is 33.5 Å². The fourth-order valence-corrected chi connectivity index (χ4v) is 3.31. The van der Waals surface area contributed by atoms with Crippen molar-refractivity contribution in [1.29, 1.82) is 0 Å². The van der Waals surface area contributed by atoms with E-state index in [2.05, 4.69) is 39.5 Å². The van der Waals surface area contributed by atoms with E-state index >= 15 is 0 Å². The van der Waals surface area contributed by atoms with Crippen molar-refractivity contribution >= 4 is 33.8 Å². The van der Waals surface area contributed by atoms with Crippen LogP contribution in [0.3, 0.4) is 0 Å². The van der Waals surface area contributed by atoms with E-state index in [1.54, 1.807) is 11.3 Å². The molecular formula is C13H16N2O2S2. The van der Waals surface area contributed by atoms with Crippen LogP contribution in [0.5, 0.6) is 0 Å². The molecule has 2 aromatic heterocycles. The number of carbonyl (C=O) groups is 1. The molecular weight excluding hydrogens is 280 g/mol. The SMILES string of the molecule is CCC(Nc1nc(CC(=O)OC)cs1)c1cccs1. The predicted octanol–water partition coefficient (Wildman–Crippen LogP) is 3.48. The minimum atomic E-state index is -0.262. The summed E-state index contributed by atoms with van der Waals surface area (Å²) in [5, 5.41) is 8.22. The summed E-state index contributed by atoms with van der Waals surface area (Å²) in [5.74, 6) is -0.262. The van der Waals surface area contributed by atoms with Gasteiger partial charge in [0.2, 0.25) is 0 Å². The van der Waals surface area contributed by atoms with Gasteiger partial charge < -0.3 is 10.1 Å². The molecule has 0 spiro atoms. The molecule has 0 aliphatic carbocycles. The predicted molar refractivity (Wildman–Crippen MR) is 78.8 cm³/mol. The minimum absolute atomic E-state index is 0.227. The average Bonchev–Trinajstić information content (AvgIpc) is 3.07. The number of hydrogen-bond donors (Lipinski definition) is 1. The topological polar surface area (TPSA) is 51.2 Å². The van der Waals surface area contributed by atoms with E-state index < -0.39 is 0 Å². The summed E-state index contributed by atoms with van der Waals surface area (Å²) in [5.41, 5.74) is 0.750. The smallest absolute Gasteiger partial charge is 0.311 e. The van der Waals surface area contributed by atoms with Crippen molar-refractivity contribution in [2.45, 2.75) is 25.8 Å². The van der Waals surface area contributed by atoms with Crippen LogP contribution in [0.1, 0.15) is 30.0 Å². The Hall–Kier alpha value is -1.40. The third-order valence-electron chi connectivity index (χ3n) is 2.70. The number of aromatic nitrogens is 1. The molecule has 1 N–H and O–H groups in total. The van der Waals surface area contributed by atoms with Gasteiger partial charge in [0.25, 0.3) is 0 Å². The number of ether oxygens (including phenoxy) is 1. The largest absolute Gasteiger partial charge is 0.469 e. The van der Waals surface area contributed by atoms with E-state index in [0.717, 1.165) is 17.2 Å². The molecule has 19 heavy (non-hydrogen) atoms. The van der Waals surface area contributed by atoms with Gasteiger partial charge in [0.1, 0.15) is 0 Å². The van der Waals surface area contributed by atoms with Crippen molar-refractivity contribution in [2.24, 2.45) is 0 Å². The summed E-state index contributed by atoms with van der Waals surface area (Å²) >= 11 is 3.25. The molecule has 0 fully saturated rings. The summed E-state index contributed by atoms with van der Waals surface area (Å²) in [6.07, 6.45) is 1.22. The number of nitrogens with one attached hydrogen (secondary N) is 1. The Morgan fingerprint density at radius 3 is 3.00 bits per heavy atom. The zero-order valence-corrected chi connectivity index (χ0v) is 12.5. The van der Waals surface area contributed by atoms with Crippen LogP contribution in [0.25, 0.3) is 0 Å². The number of thiophene rings is 1. The van der Waals surface area contributed by atoms with Crippen LogP contribution in [0.4, 0.5) is 5.13 Å². The molecule has 6 heteroatoms. The Bertz CT molecular complexity index is 522. The lowest BCUT2D eigenvalue weighted by Crippen LogP contribution is -2.08. The first-order valence-electron chi connectivity index (χ1n) is 6.04. The Kier molecular flexibility index (Phi) is 4.93. The number of esters is 1. The van der Waals surface area contributed by atoms with Gasteiger partial charge in [0.05, 0.1) is 25.3 Å². The highest BCUT2D eigenvalue weighted by molar-refractivity contribution is 7.13.